The monoisotopic (exact) mass is 446 g/mol. The zero-order chi connectivity index (χ0) is 22.8. The van der Waals surface area contributed by atoms with Gasteiger partial charge in [0, 0.05) is 16.3 Å². The molecule has 6 heteroatoms. The van der Waals surface area contributed by atoms with E-state index in [0.717, 1.165) is 16.8 Å². The van der Waals surface area contributed by atoms with Gasteiger partial charge in [0.2, 0.25) is 0 Å². The fourth-order valence-electron chi connectivity index (χ4n) is 3.75. The summed E-state index contributed by atoms with van der Waals surface area (Å²) >= 11 is 6.31. The van der Waals surface area contributed by atoms with E-state index in [-0.39, 0.29) is 17.8 Å². The average Bonchev–Trinajstić information content (AvgIpc) is 3.02. The van der Waals surface area contributed by atoms with Crippen LogP contribution in [0.4, 0.5) is 5.69 Å². The van der Waals surface area contributed by atoms with Crippen molar-refractivity contribution in [2.75, 3.05) is 12.4 Å². The van der Waals surface area contributed by atoms with Crippen LogP contribution in [0.15, 0.2) is 72.4 Å². The Morgan fingerprint density at radius 3 is 2.38 bits per heavy atom. The average molecular weight is 447 g/mol. The van der Waals surface area contributed by atoms with E-state index in [2.05, 4.69) is 5.32 Å². The molecule has 1 aliphatic heterocycles. The molecule has 1 aliphatic rings. The minimum atomic E-state index is -0.406. The highest BCUT2D eigenvalue weighted by Gasteiger charge is 2.40. The highest BCUT2D eigenvalue weighted by atomic mass is 35.5. The van der Waals surface area contributed by atoms with Crippen LogP contribution in [0.3, 0.4) is 0 Å². The van der Waals surface area contributed by atoms with Crippen LogP contribution in [-0.4, -0.2) is 23.8 Å². The number of carbonyl (C=O) groups is 2. The maximum absolute atomic E-state index is 13.6. The lowest BCUT2D eigenvalue weighted by molar-refractivity contribution is -0.137. The summed E-state index contributed by atoms with van der Waals surface area (Å²) in [5, 5.41) is 3.74. The van der Waals surface area contributed by atoms with Crippen LogP contribution >= 0.6 is 11.6 Å². The van der Waals surface area contributed by atoms with Gasteiger partial charge >= 0.3 is 0 Å². The molecule has 0 aliphatic carbocycles. The minimum absolute atomic E-state index is 0.0773. The van der Waals surface area contributed by atoms with Crippen molar-refractivity contribution >= 4 is 34.7 Å². The van der Waals surface area contributed by atoms with E-state index in [0.29, 0.717) is 21.9 Å². The molecule has 0 fully saturated rings. The second-order valence-corrected chi connectivity index (χ2v) is 8.02. The van der Waals surface area contributed by atoms with Crippen LogP contribution in [0.5, 0.6) is 5.75 Å². The number of nitrogens with zero attached hydrogens (tertiary/aromatic N) is 1. The van der Waals surface area contributed by atoms with Gasteiger partial charge in [0.15, 0.2) is 0 Å². The van der Waals surface area contributed by atoms with Crippen molar-refractivity contribution in [3.05, 3.63) is 99.7 Å². The van der Waals surface area contributed by atoms with Gasteiger partial charge in [0.1, 0.15) is 11.4 Å². The lowest BCUT2D eigenvalue weighted by Crippen LogP contribution is -2.32. The Bertz CT molecular complexity index is 1250. The molecule has 1 heterocycles. The van der Waals surface area contributed by atoms with Crippen LogP contribution in [0.2, 0.25) is 5.02 Å². The third-order valence-corrected chi connectivity index (χ3v) is 6.06. The number of hydrogen-bond donors (Lipinski definition) is 1. The van der Waals surface area contributed by atoms with E-state index < -0.39 is 11.8 Å². The number of anilines is 1. The molecular weight excluding hydrogens is 424 g/mol. The Morgan fingerprint density at radius 2 is 1.62 bits per heavy atom. The standard InChI is InChI=1S/C26H23ClN2O3/c1-16-9-8-13-21(17(16)2)28-24-23(19-11-5-7-14-22(19)32-3)25(30)29(26(24)31)15-18-10-4-6-12-20(18)27/h4-14,28H,15H2,1-3H3. The second-order valence-electron chi connectivity index (χ2n) is 7.61. The smallest absolute Gasteiger partial charge is 0.278 e. The van der Waals surface area contributed by atoms with Gasteiger partial charge < -0.3 is 10.1 Å². The van der Waals surface area contributed by atoms with Crippen molar-refractivity contribution in [2.45, 2.75) is 20.4 Å². The van der Waals surface area contributed by atoms with Gasteiger partial charge in [-0.15, -0.1) is 0 Å². The largest absolute Gasteiger partial charge is 0.496 e. The van der Waals surface area contributed by atoms with Crippen molar-refractivity contribution in [2.24, 2.45) is 0 Å². The Labute approximate surface area is 192 Å². The Kier molecular flexibility index (Phi) is 6.01. The number of ether oxygens (including phenoxy) is 1. The number of imide groups is 1. The predicted molar refractivity (Wildman–Crippen MR) is 126 cm³/mol. The van der Waals surface area contributed by atoms with Gasteiger partial charge in [-0.05, 0) is 48.7 Å². The third-order valence-electron chi connectivity index (χ3n) is 5.69. The molecule has 1 N–H and O–H groups in total. The minimum Gasteiger partial charge on any atom is -0.496 e. The molecular formula is C26H23ClN2O3. The van der Waals surface area contributed by atoms with Gasteiger partial charge in [0.05, 0.1) is 19.2 Å². The number of para-hydroxylation sites is 1. The molecule has 0 atom stereocenters. The zero-order valence-corrected chi connectivity index (χ0v) is 18.9. The zero-order valence-electron chi connectivity index (χ0n) is 18.1. The molecule has 0 radical (unpaired) electrons. The van der Waals surface area contributed by atoms with Crippen LogP contribution in [0.1, 0.15) is 22.3 Å². The molecule has 3 aromatic carbocycles. The Morgan fingerprint density at radius 1 is 0.906 bits per heavy atom. The molecule has 3 aromatic rings. The molecule has 0 saturated carbocycles. The topological polar surface area (TPSA) is 58.6 Å². The highest BCUT2D eigenvalue weighted by Crippen LogP contribution is 2.36. The maximum Gasteiger partial charge on any atom is 0.278 e. The summed E-state index contributed by atoms with van der Waals surface area (Å²) in [4.78, 5) is 28.3. The summed E-state index contributed by atoms with van der Waals surface area (Å²) in [5.74, 6) is -0.285. The molecule has 2 amide bonds. The summed E-state index contributed by atoms with van der Waals surface area (Å²) < 4.78 is 5.49. The summed E-state index contributed by atoms with van der Waals surface area (Å²) in [6.07, 6.45) is 0. The fraction of sp³-hybridized carbons (Fsp3) is 0.154. The molecule has 0 aromatic heterocycles. The van der Waals surface area contributed by atoms with Gasteiger partial charge in [0.25, 0.3) is 11.8 Å². The summed E-state index contributed by atoms with van der Waals surface area (Å²) in [5.41, 5.74) is 4.61. The molecule has 0 unspecified atom stereocenters. The summed E-state index contributed by atoms with van der Waals surface area (Å²) in [6.45, 7) is 4.05. The molecule has 32 heavy (non-hydrogen) atoms. The van der Waals surface area contributed by atoms with E-state index in [1.165, 1.54) is 4.90 Å². The van der Waals surface area contributed by atoms with E-state index in [9.17, 15) is 9.59 Å². The van der Waals surface area contributed by atoms with Crippen molar-refractivity contribution in [1.29, 1.82) is 0 Å². The first kappa shape index (κ1) is 21.7. The van der Waals surface area contributed by atoms with Crippen molar-refractivity contribution in [1.82, 2.24) is 4.90 Å². The fourth-order valence-corrected chi connectivity index (χ4v) is 3.95. The second kappa shape index (κ2) is 8.89. The molecule has 162 valence electrons. The maximum atomic E-state index is 13.6. The number of halogens is 1. The number of amides is 2. The molecule has 0 spiro atoms. The summed E-state index contributed by atoms with van der Waals surface area (Å²) in [6, 6.07) is 20.2. The van der Waals surface area contributed by atoms with Crippen LogP contribution in [-0.2, 0) is 16.1 Å². The first-order valence-electron chi connectivity index (χ1n) is 10.2. The van der Waals surface area contributed by atoms with Crippen molar-refractivity contribution in [3.8, 4) is 5.75 Å². The van der Waals surface area contributed by atoms with Gasteiger partial charge in [-0.3, -0.25) is 14.5 Å². The SMILES string of the molecule is COc1ccccc1C1=C(Nc2cccc(C)c2C)C(=O)N(Cc2ccccc2Cl)C1=O. The number of rotatable bonds is 6. The molecule has 0 saturated heterocycles. The van der Waals surface area contributed by atoms with Gasteiger partial charge in [-0.2, -0.15) is 0 Å². The number of carbonyl (C=O) groups excluding carboxylic acids is 2. The van der Waals surface area contributed by atoms with E-state index in [1.807, 2.05) is 62.4 Å². The Balaban J connectivity index is 1.82. The molecule has 0 bridgehead atoms. The third kappa shape index (κ3) is 3.87. The molecule has 5 nitrogen and oxygen atoms in total. The molecule has 4 rings (SSSR count). The van der Waals surface area contributed by atoms with Crippen LogP contribution in [0.25, 0.3) is 5.57 Å². The first-order chi connectivity index (χ1) is 15.4. The quantitative estimate of drug-likeness (QED) is 0.518. The summed E-state index contributed by atoms with van der Waals surface area (Å²) in [7, 11) is 1.54. The Hall–Kier alpha value is -3.57. The van der Waals surface area contributed by atoms with E-state index in [1.54, 1.807) is 25.3 Å². The van der Waals surface area contributed by atoms with Gasteiger partial charge in [-0.25, -0.2) is 0 Å². The highest BCUT2D eigenvalue weighted by molar-refractivity contribution is 6.37. The van der Waals surface area contributed by atoms with Gasteiger partial charge in [-0.1, -0.05) is 60.1 Å². The van der Waals surface area contributed by atoms with E-state index in [4.69, 9.17) is 16.3 Å². The van der Waals surface area contributed by atoms with Crippen molar-refractivity contribution < 1.29 is 14.3 Å². The number of hydrogen-bond acceptors (Lipinski definition) is 4. The predicted octanol–water partition coefficient (Wildman–Crippen LogP) is 5.36. The lowest BCUT2D eigenvalue weighted by atomic mass is 10.0. The number of benzene rings is 3. The first-order valence-corrected chi connectivity index (χ1v) is 10.6. The van der Waals surface area contributed by atoms with E-state index >= 15 is 0 Å². The normalized spacial score (nSPS) is 13.7. The van der Waals surface area contributed by atoms with Crippen molar-refractivity contribution in [3.63, 3.8) is 0 Å². The lowest BCUT2D eigenvalue weighted by Gasteiger charge is -2.17. The van der Waals surface area contributed by atoms with Crippen LogP contribution < -0.4 is 10.1 Å². The number of methoxy groups -OCH3 is 1. The number of nitrogens with one attached hydrogen (secondary N) is 1. The van der Waals surface area contributed by atoms with Crippen LogP contribution in [0, 0.1) is 13.8 Å². The number of aryl methyl sites for hydroxylation is 1.